The van der Waals surface area contributed by atoms with Crippen LogP contribution in [-0.4, -0.2) is 14.9 Å². The van der Waals surface area contributed by atoms with Crippen molar-refractivity contribution in [2.75, 3.05) is 0 Å². The molecule has 1 unspecified atom stereocenters. The van der Waals surface area contributed by atoms with Crippen molar-refractivity contribution in [2.45, 2.75) is 20.0 Å². The number of rotatable bonds is 2. The molecule has 0 saturated heterocycles. The number of hydrogen-bond acceptors (Lipinski definition) is 4. The molecule has 0 heterocycles. The molecule has 0 fully saturated rings. The van der Waals surface area contributed by atoms with E-state index in [1.807, 2.05) is 0 Å². The van der Waals surface area contributed by atoms with Gasteiger partial charge in [-0.2, -0.15) is 0 Å². The minimum atomic E-state index is -3.64. The molecule has 0 amide bonds. The van der Waals surface area contributed by atoms with Gasteiger partial charge in [-0.1, -0.05) is 0 Å². The summed E-state index contributed by atoms with van der Waals surface area (Å²) in [5.41, 5.74) is 0. The maximum Gasteiger partial charge on any atom is 1.00 e. The van der Waals surface area contributed by atoms with E-state index in [1.54, 1.807) is 13.8 Å². The Morgan fingerprint density at radius 2 is 2.00 bits per heavy atom. The topological polar surface area (TPSA) is 49.4 Å². The maximum atomic E-state index is 10.0. The fraction of sp³-hybridized carbons (Fsp3) is 1.00. The molecule has 0 rings (SSSR count). The van der Waals surface area contributed by atoms with Gasteiger partial charge in [0.2, 0.25) is 0 Å². The Morgan fingerprint density at radius 3 is 2.00 bits per heavy atom. The van der Waals surface area contributed by atoms with E-state index < -0.39 is 9.05 Å². The zero-order valence-corrected chi connectivity index (χ0v) is 9.25. The largest absolute Gasteiger partial charge is 1.00 e. The molecular weight excluding hydrogens is 171 g/mol. The Morgan fingerprint density at radius 1 is 1.67 bits per heavy atom. The average Bonchev–Trinajstić information content (AvgIpc) is 1.21. The predicted molar refractivity (Wildman–Crippen MR) is 32.5 cm³/mol. The normalized spacial score (nSPS) is 16.4. The molecule has 0 N–H and O–H groups in total. The van der Waals surface area contributed by atoms with Gasteiger partial charge in [-0.05, 0) is 25.0 Å². The van der Waals surface area contributed by atoms with Gasteiger partial charge in [0.15, 0.2) is 0 Å². The van der Waals surface area contributed by atoms with Crippen molar-refractivity contribution in [3.8, 4) is 0 Å². The van der Waals surface area contributed by atoms with Crippen molar-refractivity contribution >= 4 is 20.2 Å². The first-order chi connectivity index (χ1) is 3.42. The van der Waals surface area contributed by atoms with Gasteiger partial charge < -0.3 is 4.55 Å². The van der Waals surface area contributed by atoms with E-state index in [9.17, 15) is 8.76 Å². The summed E-state index contributed by atoms with van der Waals surface area (Å²) in [6.45, 7) is 3.20. The molecule has 0 aliphatic rings. The predicted octanol–water partition coefficient (Wildman–Crippen LogP) is -2.79. The van der Waals surface area contributed by atoms with Crippen LogP contribution in [0.15, 0.2) is 0 Å². The first-order valence-electron chi connectivity index (χ1n) is 2.06. The molecule has 0 bridgehead atoms. The molecule has 0 radical (unpaired) electrons. The van der Waals surface area contributed by atoms with Crippen LogP contribution in [0.25, 0.3) is 0 Å². The molecular formula is C3H7NaO3S2. The van der Waals surface area contributed by atoms with E-state index in [2.05, 4.69) is 15.4 Å². The Balaban J connectivity index is 0. The molecule has 50 valence electrons. The van der Waals surface area contributed by atoms with E-state index in [4.69, 9.17) is 0 Å². The average molecular weight is 178 g/mol. The SMILES string of the molecule is CC(C)OS(=O)([O-])=S.[Na+]. The van der Waals surface area contributed by atoms with E-state index in [-0.39, 0.29) is 35.7 Å². The second kappa shape index (κ2) is 5.01. The van der Waals surface area contributed by atoms with Gasteiger partial charge in [0.05, 0.1) is 15.2 Å². The first-order valence-corrected chi connectivity index (χ1v) is 4.39. The molecule has 0 spiro atoms. The third-order valence-corrected chi connectivity index (χ3v) is 1.17. The van der Waals surface area contributed by atoms with Crippen molar-refractivity contribution in [2.24, 2.45) is 0 Å². The van der Waals surface area contributed by atoms with Crippen LogP contribution in [0.4, 0.5) is 0 Å². The summed E-state index contributed by atoms with van der Waals surface area (Å²) in [6.07, 6.45) is -0.350. The van der Waals surface area contributed by atoms with Crippen molar-refractivity contribution in [3.05, 3.63) is 0 Å². The molecule has 0 aromatic carbocycles. The van der Waals surface area contributed by atoms with Crippen LogP contribution in [0.1, 0.15) is 13.8 Å². The van der Waals surface area contributed by atoms with Crippen molar-refractivity contribution < 1.29 is 42.5 Å². The van der Waals surface area contributed by atoms with Crippen LogP contribution in [0.3, 0.4) is 0 Å². The second-order valence-electron chi connectivity index (χ2n) is 1.55. The Hall–Kier alpha value is 1.29. The minimum Gasteiger partial charge on any atom is -0.748 e. The smallest absolute Gasteiger partial charge is 0.748 e. The summed E-state index contributed by atoms with van der Waals surface area (Å²) >= 11 is 3.91. The third-order valence-electron chi connectivity index (χ3n) is 0.310. The molecule has 0 aliphatic heterocycles. The van der Waals surface area contributed by atoms with Gasteiger partial charge >= 0.3 is 29.6 Å². The zero-order chi connectivity index (χ0) is 6.78. The van der Waals surface area contributed by atoms with Gasteiger partial charge in [0, 0.05) is 0 Å². The van der Waals surface area contributed by atoms with Crippen LogP contribution < -0.4 is 29.6 Å². The van der Waals surface area contributed by atoms with Crippen LogP contribution in [-0.2, 0) is 24.4 Å². The Labute approximate surface area is 82.2 Å². The van der Waals surface area contributed by atoms with Gasteiger partial charge in [-0.15, -0.1) is 0 Å². The van der Waals surface area contributed by atoms with E-state index in [1.165, 1.54) is 0 Å². The van der Waals surface area contributed by atoms with Crippen molar-refractivity contribution in [3.63, 3.8) is 0 Å². The van der Waals surface area contributed by atoms with E-state index >= 15 is 0 Å². The monoisotopic (exact) mass is 178 g/mol. The van der Waals surface area contributed by atoms with Gasteiger partial charge in [0.25, 0.3) is 0 Å². The fourth-order valence-corrected chi connectivity index (χ4v) is 1.18. The van der Waals surface area contributed by atoms with Crippen LogP contribution >= 0.6 is 0 Å². The van der Waals surface area contributed by atoms with Gasteiger partial charge in [-0.3, -0.25) is 4.18 Å². The Kier molecular flexibility index (Phi) is 7.19. The fourth-order valence-electron chi connectivity index (χ4n) is 0.236. The van der Waals surface area contributed by atoms with E-state index in [0.29, 0.717) is 0 Å². The molecule has 3 nitrogen and oxygen atoms in total. The molecule has 0 aromatic heterocycles. The van der Waals surface area contributed by atoms with Crippen molar-refractivity contribution in [1.29, 1.82) is 0 Å². The van der Waals surface area contributed by atoms with Gasteiger partial charge in [0.1, 0.15) is 0 Å². The molecule has 0 saturated carbocycles. The molecule has 1 atom stereocenters. The van der Waals surface area contributed by atoms with Gasteiger partial charge in [-0.25, -0.2) is 4.21 Å². The summed E-state index contributed by atoms with van der Waals surface area (Å²) in [6, 6.07) is 0. The summed E-state index contributed by atoms with van der Waals surface area (Å²) in [5, 5.41) is 0. The van der Waals surface area contributed by atoms with Crippen LogP contribution in [0.2, 0.25) is 0 Å². The molecule has 9 heavy (non-hydrogen) atoms. The summed E-state index contributed by atoms with van der Waals surface area (Å²) < 4.78 is 24.3. The Bertz CT molecular complexity index is 150. The van der Waals surface area contributed by atoms with Crippen LogP contribution in [0.5, 0.6) is 0 Å². The summed E-state index contributed by atoms with van der Waals surface area (Å²) in [5.74, 6) is 0. The molecule has 0 aliphatic carbocycles. The molecule has 6 heteroatoms. The molecule has 0 aromatic rings. The standard InChI is InChI=1S/C3H8O3S2.Na/c1-3(2)6-8(4,5)7;/h3H,1-2H3,(H,4,5,7);/q;+1/p-1. The van der Waals surface area contributed by atoms with E-state index in [0.717, 1.165) is 0 Å². The number of hydrogen-bond donors (Lipinski definition) is 0. The summed E-state index contributed by atoms with van der Waals surface area (Å²) in [4.78, 5) is 0. The maximum absolute atomic E-state index is 10.0. The minimum absolute atomic E-state index is 0. The van der Waals surface area contributed by atoms with Crippen molar-refractivity contribution in [1.82, 2.24) is 0 Å². The second-order valence-corrected chi connectivity index (χ2v) is 3.79. The van der Waals surface area contributed by atoms with Crippen LogP contribution in [0, 0.1) is 0 Å². The first kappa shape index (κ1) is 12.9. The third kappa shape index (κ3) is 12.5. The zero-order valence-electron chi connectivity index (χ0n) is 5.62. The summed E-state index contributed by atoms with van der Waals surface area (Å²) in [7, 11) is -3.64. The quantitative estimate of drug-likeness (QED) is 0.429.